The molecule has 9 nitrogen and oxygen atoms in total. The van der Waals surface area contributed by atoms with E-state index in [1.807, 2.05) is 37.3 Å². The lowest BCUT2D eigenvalue weighted by atomic mass is 10.1. The van der Waals surface area contributed by atoms with Gasteiger partial charge in [-0.15, -0.1) is 0 Å². The van der Waals surface area contributed by atoms with Crippen LogP contribution in [0.4, 0.5) is 5.69 Å². The van der Waals surface area contributed by atoms with Crippen LogP contribution in [0, 0.1) is 10.1 Å². The number of nitrogens with one attached hydrogen (secondary N) is 1. The average molecular weight is 449 g/mol. The molecule has 0 aromatic heterocycles. The van der Waals surface area contributed by atoms with Gasteiger partial charge in [0.1, 0.15) is 12.4 Å². The third-order valence-electron chi connectivity index (χ3n) is 4.52. The van der Waals surface area contributed by atoms with E-state index in [1.54, 1.807) is 18.2 Å². The second-order valence-corrected chi connectivity index (χ2v) is 6.75. The minimum atomic E-state index is -0.639. The molecule has 0 radical (unpaired) electrons. The molecular weight excluding hydrogens is 426 g/mol. The van der Waals surface area contributed by atoms with E-state index in [-0.39, 0.29) is 17.0 Å². The summed E-state index contributed by atoms with van der Waals surface area (Å²) in [7, 11) is 1.37. The molecule has 3 aromatic rings. The SMILES string of the molecule is CCOc1cc(/C=N\NC(=O)c2cc([N+](=O)[O-])ccc2OC)ccc1OCc1ccccc1. The number of rotatable bonds is 10. The lowest BCUT2D eigenvalue weighted by Crippen LogP contribution is -2.18. The van der Waals surface area contributed by atoms with E-state index < -0.39 is 10.8 Å². The predicted molar refractivity (Wildman–Crippen MR) is 123 cm³/mol. The van der Waals surface area contributed by atoms with Gasteiger partial charge in [-0.3, -0.25) is 14.9 Å². The van der Waals surface area contributed by atoms with Gasteiger partial charge in [0, 0.05) is 12.1 Å². The number of nitrogens with zero attached hydrogens (tertiary/aromatic N) is 2. The van der Waals surface area contributed by atoms with Gasteiger partial charge in [0.05, 0.1) is 30.4 Å². The smallest absolute Gasteiger partial charge is 0.275 e. The number of ether oxygens (including phenoxy) is 3. The molecule has 0 saturated carbocycles. The molecule has 1 amide bonds. The molecule has 0 bridgehead atoms. The first-order chi connectivity index (χ1) is 16.0. The maximum Gasteiger partial charge on any atom is 0.275 e. The zero-order chi connectivity index (χ0) is 23.6. The molecule has 0 aliphatic carbocycles. The second-order valence-electron chi connectivity index (χ2n) is 6.75. The predicted octanol–water partition coefficient (Wildman–Crippen LogP) is 4.35. The van der Waals surface area contributed by atoms with Crippen LogP contribution in [0.5, 0.6) is 17.2 Å². The van der Waals surface area contributed by atoms with Crippen LogP contribution < -0.4 is 19.6 Å². The molecule has 3 aromatic carbocycles. The number of hydrogen-bond acceptors (Lipinski definition) is 7. The summed E-state index contributed by atoms with van der Waals surface area (Å²) in [6, 6.07) is 18.8. The topological polar surface area (TPSA) is 112 Å². The van der Waals surface area contributed by atoms with E-state index in [1.165, 1.54) is 25.5 Å². The quantitative estimate of drug-likeness (QED) is 0.280. The van der Waals surface area contributed by atoms with E-state index in [4.69, 9.17) is 14.2 Å². The van der Waals surface area contributed by atoms with Gasteiger partial charge < -0.3 is 14.2 Å². The number of non-ortho nitro benzene ring substituents is 1. The maximum atomic E-state index is 12.5. The van der Waals surface area contributed by atoms with E-state index >= 15 is 0 Å². The molecule has 170 valence electrons. The standard InChI is InChI=1S/C24H23N3O6/c1-3-32-23-13-18(9-11-22(23)33-16-17-7-5-4-6-8-17)15-25-26-24(28)20-14-19(27(29)30)10-12-21(20)31-2/h4-15H,3,16H2,1-2H3,(H,26,28)/b25-15-. The van der Waals surface area contributed by atoms with Gasteiger partial charge in [0.25, 0.3) is 11.6 Å². The molecule has 0 aliphatic rings. The largest absolute Gasteiger partial charge is 0.496 e. The molecule has 33 heavy (non-hydrogen) atoms. The number of carbonyl (C=O) groups is 1. The number of nitro benzene ring substituents is 1. The van der Waals surface area contributed by atoms with Crippen molar-refractivity contribution in [3.05, 3.63) is 93.5 Å². The van der Waals surface area contributed by atoms with Gasteiger partial charge >= 0.3 is 0 Å². The second kappa shape index (κ2) is 11.3. The molecular formula is C24H23N3O6. The summed E-state index contributed by atoms with van der Waals surface area (Å²) in [5, 5.41) is 14.9. The van der Waals surface area contributed by atoms with Crippen molar-refractivity contribution >= 4 is 17.8 Å². The Kier molecular flexibility index (Phi) is 7.96. The molecule has 1 N–H and O–H groups in total. The fraction of sp³-hybridized carbons (Fsp3) is 0.167. The molecule has 3 rings (SSSR count). The van der Waals surface area contributed by atoms with Crippen molar-refractivity contribution in [1.82, 2.24) is 5.43 Å². The maximum absolute atomic E-state index is 12.5. The Labute approximate surface area is 190 Å². The Morgan fingerprint density at radius 1 is 1.03 bits per heavy atom. The average Bonchev–Trinajstić information content (AvgIpc) is 2.83. The molecule has 0 aliphatic heterocycles. The number of hydrogen-bond donors (Lipinski definition) is 1. The van der Waals surface area contributed by atoms with Gasteiger partial charge in [0.2, 0.25) is 0 Å². The first kappa shape index (κ1) is 23.3. The van der Waals surface area contributed by atoms with Gasteiger partial charge in [-0.05, 0) is 42.3 Å². The van der Waals surface area contributed by atoms with Crippen LogP contribution in [0.15, 0.2) is 71.8 Å². The number of amides is 1. The molecule has 9 heteroatoms. The minimum absolute atomic E-state index is 0.00325. The molecule has 0 heterocycles. The first-order valence-corrected chi connectivity index (χ1v) is 10.1. The Bertz CT molecular complexity index is 1150. The van der Waals surface area contributed by atoms with Gasteiger partial charge in [-0.1, -0.05) is 30.3 Å². The number of nitro groups is 1. The molecule has 0 unspecified atom stereocenters. The van der Waals surface area contributed by atoms with Crippen molar-refractivity contribution in [3.8, 4) is 17.2 Å². The number of methoxy groups -OCH3 is 1. The lowest BCUT2D eigenvalue weighted by molar-refractivity contribution is -0.384. The van der Waals surface area contributed by atoms with Gasteiger partial charge in [-0.2, -0.15) is 5.10 Å². The Morgan fingerprint density at radius 3 is 2.48 bits per heavy atom. The number of benzene rings is 3. The fourth-order valence-electron chi connectivity index (χ4n) is 2.94. The van der Waals surface area contributed by atoms with E-state index in [9.17, 15) is 14.9 Å². The summed E-state index contributed by atoms with van der Waals surface area (Å²) in [6.45, 7) is 2.72. The summed E-state index contributed by atoms with van der Waals surface area (Å²) in [5.74, 6) is 0.693. The number of hydrazone groups is 1. The van der Waals surface area contributed by atoms with Crippen LogP contribution in [0.2, 0.25) is 0 Å². The highest BCUT2D eigenvalue weighted by Gasteiger charge is 2.17. The highest BCUT2D eigenvalue weighted by Crippen LogP contribution is 2.29. The normalized spacial score (nSPS) is 10.6. The van der Waals surface area contributed by atoms with Gasteiger partial charge in [-0.25, -0.2) is 5.43 Å². The van der Waals surface area contributed by atoms with Crippen molar-refractivity contribution in [2.45, 2.75) is 13.5 Å². The van der Waals surface area contributed by atoms with Crippen LogP contribution in [0.1, 0.15) is 28.4 Å². The van der Waals surface area contributed by atoms with Crippen LogP contribution in [-0.2, 0) is 6.61 Å². The van der Waals surface area contributed by atoms with Crippen LogP contribution in [-0.4, -0.2) is 30.8 Å². The molecule has 0 atom stereocenters. The van der Waals surface area contributed by atoms with Crippen molar-refractivity contribution in [2.24, 2.45) is 5.10 Å². The zero-order valence-corrected chi connectivity index (χ0v) is 18.2. The summed E-state index contributed by atoms with van der Waals surface area (Å²) >= 11 is 0. The Morgan fingerprint density at radius 2 is 1.79 bits per heavy atom. The monoisotopic (exact) mass is 449 g/mol. The highest BCUT2D eigenvalue weighted by molar-refractivity contribution is 5.98. The van der Waals surface area contributed by atoms with E-state index in [0.717, 1.165) is 11.6 Å². The fourth-order valence-corrected chi connectivity index (χ4v) is 2.94. The Hall–Kier alpha value is -4.40. The first-order valence-electron chi connectivity index (χ1n) is 10.1. The van der Waals surface area contributed by atoms with Crippen LogP contribution in [0.25, 0.3) is 0 Å². The van der Waals surface area contributed by atoms with Crippen LogP contribution >= 0.6 is 0 Å². The van der Waals surface area contributed by atoms with Crippen molar-refractivity contribution in [1.29, 1.82) is 0 Å². The molecule has 0 fully saturated rings. The minimum Gasteiger partial charge on any atom is -0.496 e. The zero-order valence-electron chi connectivity index (χ0n) is 18.2. The molecule has 0 spiro atoms. The van der Waals surface area contributed by atoms with Crippen molar-refractivity contribution < 1.29 is 23.9 Å². The van der Waals surface area contributed by atoms with Gasteiger partial charge in [0.15, 0.2) is 11.5 Å². The molecule has 0 saturated heterocycles. The lowest BCUT2D eigenvalue weighted by Gasteiger charge is -2.12. The number of carbonyl (C=O) groups excluding carboxylic acids is 1. The highest BCUT2D eigenvalue weighted by atomic mass is 16.6. The summed E-state index contributed by atoms with van der Waals surface area (Å²) in [4.78, 5) is 22.9. The van der Waals surface area contributed by atoms with Crippen LogP contribution in [0.3, 0.4) is 0 Å². The third kappa shape index (κ3) is 6.30. The summed E-state index contributed by atoms with van der Waals surface area (Å²) < 4.78 is 16.7. The van der Waals surface area contributed by atoms with E-state index in [2.05, 4.69) is 10.5 Å². The Balaban J connectivity index is 1.70. The summed E-state index contributed by atoms with van der Waals surface area (Å²) in [5.41, 5.74) is 3.83. The third-order valence-corrected chi connectivity index (χ3v) is 4.52. The van der Waals surface area contributed by atoms with Crippen molar-refractivity contribution in [3.63, 3.8) is 0 Å². The van der Waals surface area contributed by atoms with Crippen molar-refractivity contribution in [2.75, 3.05) is 13.7 Å². The summed E-state index contributed by atoms with van der Waals surface area (Å²) in [6.07, 6.45) is 1.44. The van der Waals surface area contributed by atoms with E-state index in [0.29, 0.717) is 30.3 Å².